The SMILES string of the molecule is CCCCCCC/C=C\CCCCCCCC(=O)OCCCCCCCCCCCCCCCCC(=O)NC(CO)C(O)/C=C/CCCCCCCCCCCCCCC. The zero-order valence-electron chi connectivity index (χ0n) is 40.2. The molecule has 1 amide bonds. The average molecular weight is 846 g/mol. The van der Waals surface area contributed by atoms with Crippen molar-refractivity contribution >= 4 is 11.9 Å². The number of hydrogen-bond donors (Lipinski definition) is 3. The summed E-state index contributed by atoms with van der Waals surface area (Å²) < 4.78 is 5.46. The molecule has 0 aliphatic rings. The predicted octanol–water partition coefficient (Wildman–Crippen LogP) is 15.9. The van der Waals surface area contributed by atoms with Crippen molar-refractivity contribution in [3.63, 3.8) is 0 Å². The van der Waals surface area contributed by atoms with E-state index < -0.39 is 12.1 Å². The molecule has 0 aliphatic heterocycles. The largest absolute Gasteiger partial charge is 0.466 e. The third kappa shape index (κ3) is 45.9. The number of unbranched alkanes of at least 4 members (excludes halogenated alkanes) is 36. The maximum atomic E-state index is 12.4. The van der Waals surface area contributed by atoms with E-state index in [9.17, 15) is 19.8 Å². The van der Waals surface area contributed by atoms with Gasteiger partial charge in [0.15, 0.2) is 0 Å². The summed E-state index contributed by atoms with van der Waals surface area (Å²) in [5.41, 5.74) is 0. The lowest BCUT2D eigenvalue weighted by atomic mass is 10.0. The highest BCUT2D eigenvalue weighted by Crippen LogP contribution is 2.16. The predicted molar refractivity (Wildman–Crippen MR) is 260 cm³/mol. The van der Waals surface area contributed by atoms with Gasteiger partial charge in [-0.3, -0.25) is 9.59 Å². The molecule has 3 N–H and O–H groups in total. The van der Waals surface area contributed by atoms with Crippen LogP contribution >= 0.6 is 0 Å². The molecule has 2 atom stereocenters. The van der Waals surface area contributed by atoms with Gasteiger partial charge in [-0.2, -0.15) is 0 Å². The second-order valence-corrected chi connectivity index (χ2v) is 18.2. The van der Waals surface area contributed by atoms with Gasteiger partial charge in [0, 0.05) is 12.8 Å². The van der Waals surface area contributed by atoms with Crippen molar-refractivity contribution in [2.24, 2.45) is 0 Å². The normalized spacial score (nSPS) is 12.8. The number of carbonyl (C=O) groups is 2. The minimum absolute atomic E-state index is 0.0121. The maximum Gasteiger partial charge on any atom is 0.305 e. The maximum absolute atomic E-state index is 12.4. The van der Waals surface area contributed by atoms with E-state index in [2.05, 4.69) is 31.3 Å². The first-order chi connectivity index (χ1) is 29.5. The van der Waals surface area contributed by atoms with Crippen LogP contribution in [0.5, 0.6) is 0 Å². The van der Waals surface area contributed by atoms with Crippen LogP contribution in [-0.2, 0) is 14.3 Å². The number of allylic oxidation sites excluding steroid dienone is 3. The van der Waals surface area contributed by atoms with Gasteiger partial charge in [-0.25, -0.2) is 0 Å². The van der Waals surface area contributed by atoms with Crippen molar-refractivity contribution in [1.82, 2.24) is 5.32 Å². The summed E-state index contributed by atoms with van der Waals surface area (Å²) in [5.74, 6) is -0.0903. The van der Waals surface area contributed by atoms with Gasteiger partial charge in [0.05, 0.1) is 25.4 Å². The number of aliphatic hydroxyl groups is 2. The monoisotopic (exact) mass is 846 g/mol. The number of rotatable bonds is 49. The molecule has 0 saturated heterocycles. The first kappa shape index (κ1) is 58.3. The summed E-state index contributed by atoms with van der Waals surface area (Å²) in [6, 6.07) is -0.635. The molecule has 0 rings (SSSR count). The Hall–Kier alpha value is -1.66. The molecule has 60 heavy (non-hydrogen) atoms. The molecule has 0 aromatic heterocycles. The van der Waals surface area contributed by atoms with E-state index in [1.54, 1.807) is 6.08 Å². The third-order valence-corrected chi connectivity index (χ3v) is 12.2. The molecule has 0 saturated carbocycles. The Labute approximate surface area is 373 Å². The van der Waals surface area contributed by atoms with Gasteiger partial charge in [-0.1, -0.05) is 237 Å². The lowest BCUT2D eigenvalue weighted by Crippen LogP contribution is -2.45. The average Bonchev–Trinajstić information content (AvgIpc) is 3.25. The Morgan fingerprint density at radius 1 is 0.450 bits per heavy atom. The standard InChI is InChI=1S/C54H103NO5/c1-3-5-7-9-11-13-15-17-19-22-26-30-34-38-42-46-52(57)51(50-56)55-53(58)47-43-39-35-31-27-23-20-21-25-29-33-37-41-45-49-60-54(59)48-44-40-36-32-28-24-18-16-14-12-10-8-6-4-2/h16,18,42,46,51-52,56-57H,3-15,17,19-41,43-45,47-50H2,1-2H3,(H,55,58)/b18-16-,46-42+. The number of aliphatic hydroxyl groups excluding tert-OH is 2. The Kier molecular flexibility index (Phi) is 48.6. The van der Waals surface area contributed by atoms with Crippen LogP contribution in [0.25, 0.3) is 0 Å². The molecule has 2 unspecified atom stereocenters. The lowest BCUT2D eigenvalue weighted by molar-refractivity contribution is -0.143. The molecule has 0 spiro atoms. The molecule has 0 aliphatic carbocycles. The number of nitrogens with one attached hydrogen (secondary N) is 1. The van der Waals surface area contributed by atoms with Gasteiger partial charge >= 0.3 is 5.97 Å². The van der Waals surface area contributed by atoms with E-state index >= 15 is 0 Å². The fourth-order valence-corrected chi connectivity index (χ4v) is 8.10. The van der Waals surface area contributed by atoms with Crippen molar-refractivity contribution in [1.29, 1.82) is 0 Å². The second kappa shape index (κ2) is 50.0. The van der Waals surface area contributed by atoms with E-state index in [1.165, 1.54) is 199 Å². The number of hydrogen-bond acceptors (Lipinski definition) is 5. The zero-order valence-corrected chi connectivity index (χ0v) is 40.2. The Balaban J connectivity index is 3.48. The fraction of sp³-hybridized carbons (Fsp3) is 0.889. The number of carbonyl (C=O) groups excluding carboxylic acids is 2. The summed E-state index contributed by atoms with van der Waals surface area (Å²) in [4.78, 5) is 24.5. The van der Waals surface area contributed by atoms with Gasteiger partial charge in [-0.15, -0.1) is 0 Å². The van der Waals surface area contributed by atoms with E-state index in [4.69, 9.17) is 4.74 Å². The number of amides is 1. The second-order valence-electron chi connectivity index (χ2n) is 18.2. The van der Waals surface area contributed by atoms with Crippen LogP contribution in [0.2, 0.25) is 0 Å². The lowest BCUT2D eigenvalue weighted by Gasteiger charge is -2.20. The molecule has 0 radical (unpaired) electrons. The first-order valence-corrected chi connectivity index (χ1v) is 26.6. The molecule has 0 fully saturated rings. The molecule has 6 heteroatoms. The zero-order chi connectivity index (χ0) is 43.7. The quantitative estimate of drug-likeness (QED) is 0.0322. The Morgan fingerprint density at radius 2 is 0.783 bits per heavy atom. The van der Waals surface area contributed by atoms with Gasteiger partial charge in [-0.05, 0) is 57.8 Å². The molecular weight excluding hydrogens is 743 g/mol. The van der Waals surface area contributed by atoms with Crippen molar-refractivity contribution in [3.05, 3.63) is 24.3 Å². The number of esters is 1. The van der Waals surface area contributed by atoms with Gasteiger partial charge in [0.25, 0.3) is 0 Å². The molecule has 0 aromatic carbocycles. The van der Waals surface area contributed by atoms with Crippen molar-refractivity contribution in [3.8, 4) is 0 Å². The van der Waals surface area contributed by atoms with Crippen LogP contribution in [0.15, 0.2) is 24.3 Å². The van der Waals surface area contributed by atoms with Crippen LogP contribution in [0.3, 0.4) is 0 Å². The van der Waals surface area contributed by atoms with Gasteiger partial charge in [0.2, 0.25) is 5.91 Å². The van der Waals surface area contributed by atoms with Crippen molar-refractivity contribution < 1.29 is 24.5 Å². The summed E-state index contributed by atoms with van der Waals surface area (Å²) >= 11 is 0. The van der Waals surface area contributed by atoms with E-state index in [1.807, 2.05) is 6.08 Å². The molecule has 0 heterocycles. The molecule has 6 nitrogen and oxygen atoms in total. The van der Waals surface area contributed by atoms with E-state index in [0.717, 1.165) is 57.8 Å². The topological polar surface area (TPSA) is 95.9 Å². The minimum Gasteiger partial charge on any atom is -0.466 e. The highest BCUT2D eigenvalue weighted by atomic mass is 16.5. The Bertz CT molecular complexity index is 935. The van der Waals surface area contributed by atoms with Crippen LogP contribution in [0, 0.1) is 0 Å². The summed E-state index contributed by atoms with van der Waals surface area (Å²) in [5, 5.41) is 23.1. The van der Waals surface area contributed by atoms with Crippen LogP contribution in [-0.4, -0.2) is 47.4 Å². The summed E-state index contributed by atoms with van der Waals surface area (Å²) in [6.45, 7) is 4.87. The molecule has 0 bridgehead atoms. The first-order valence-electron chi connectivity index (χ1n) is 26.6. The third-order valence-electron chi connectivity index (χ3n) is 12.2. The summed E-state index contributed by atoms with van der Waals surface area (Å²) in [6.07, 6.45) is 58.9. The molecule has 354 valence electrons. The van der Waals surface area contributed by atoms with E-state index in [0.29, 0.717) is 19.4 Å². The van der Waals surface area contributed by atoms with Crippen LogP contribution < -0.4 is 5.32 Å². The van der Waals surface area contributed by atoms with Crippen LogP contribution in [0.1, 0.15) is 284 Å². The van der Waals surface area contributed by atoms with Gasteiger partial charge in [0.1, 0.15) is 0 Å². The fourth-order valence-electron chi connectivity index (χ4n) is 8.10. The van der Waals surface area contributed by atoms with Crippen LogP contribution in [0.4, 0.5) is 0 Å². The van der Waals surface area contributed by atoms with Gasteiger partial charge < -0.3 is 20.3 Å². The smallest absolute Gasteiger partial charge is 0.305 e. The Morgan fingerprint density at radius 3 is 1.18 bits per heavy atom. The van der Waals surface area contributed by atoms with Crippen molar-refractivity contribution in [2.45, 2.75) is 296 Å². The molecular formula is C54H103NO5. The van der Waals surface area contributed by atoms with Crippen molar-refractivity contribution in [2.75, 3.05) is 13.2 Å². The van der Waals surface area contributed by atoms with E-state index in [-0.39, 0.29) is 18.5 Å². The molecule has 0 aromatic rings. The highest BCUT2D eigenvalue weighted by Gasteiger charge is 2.18. The number of ether oxygens (including phenoxy) is 1. The minimum atomic E-state index is -0.851. The summed E-state index contributed by atoms with van der Waals surface area (Å²) in [7, 11) is 0. The highest BCUT2D eigenvalue weighted by molar-refractivity contribution is 5.76.